The predicted octanol–water partition coefficient (Wildman–Crippen LogP) is 4.73. The maximum Gasteiger partial charge on any atom is 0.191 e. The van der Waals surface area contributed by atoms with E-state index in [4.69, 9.17) is 37.8 Å². The van der Waals surface area contributed by atoms with E-state index in [1.54, 1.807) is 12.1 Å². The highest BCUT2D eigenvalue weighted by atomic mass is 35.5. The van der Waals surface area contributed by atoms with Gasteiger partial charge in [0.2, 0.25) is 0 Å². The van der Waals surface area contributed by atoms with Crippen molar-refractivity contribution in [2.24, 2.45) is 5.92 Å². The van der Waals surface area contributed by atoms with Crippen LogP contribution in [0.15, 0.2) is 24.3 Å². The monoisotopic (exact) mass is 384 g/mol. The van der Waals surface area contributed by atoms with Crippen molar-refractivity contribution < 1.29 is 14.6 Å². The van der Waals surface area contributed by atoms with Crippen LogP contribution in [0.25, 0.3) is 11.1 Å². The first kappa shape index (κ1) is 19.9. The zero-order valence-corrected chi connectivity index (χ0v) is 15.8. The predicted molar refractivity (Wildman–Crippen MR) is 98.9 cm³/mol. The molecule has 1 aromatic heterocycles. The SMILES string of the molecule is CCC(C)CCc1c(Cl)nnc(Cl)c1-c1ccc(OCOCO)cc1. The highest BCUT2D eigenvalue weighted by Crippen LogP contribution is 2.35. The van der Waals surface area contributed by atoms with Crippen molar-refractivity contribution in [3.63, 3.8) is 0 Å². The first-order valence-electron chi connectivity index (χ1n) is 8.19. The molecular formula is C18H22Cl2N2O3. The van der Waals surface area contributed by atoms with Crippen molar-refractivity contribution in [2.45, 2.75) is 33.1 Å². The van der Waals surface area contributed by atoms with Crippen LogP contribution in [0.2, 0.25) is 10.3 Å². The van der Waals surface area contributed by atoms with Crippen LogP contribution < -0.4 is 4.74 Å². The molecule has 0 aliphatic heterocycles. The Labute approximate surface area is 157 Å². The van der Waals surface area contributed by atoms with Gasteiger partial charge < -0.3 is 14.6 Å². The van der Waals surface area contributed by atoms with E-state index in [0.29, 0.717) is 22.0 Å². The summed E-state index contributed by atoms with van der Waals surface area (Å²) in [5.41, 5.74) is 2.62. The van der Waals surface area contributed by atoms with Crippen LogP contribution in [0.3, 0.4) is 0 Å². The molecule has 1 heterocycles. The number of nitrogens with zero attached hydrogens (tertiary/aromatic N) is 2. The van der Waals surface area contributed by atoms with Crippen LogP contribution in [-0.2, 0) is 11.2 Å². The Hall–Kier alpha value is -1.40. The summed E-state index contributed by atoms with van der Waals surface area (Å²) in [5.74, 6) is 1.22. The van der Waals surface area contributed by atoms with Gasteiger partial charge in [-0.15, -0.1) is 10.2 Å². The summed E-state index contributed by atoms with van der Waals surface area (Å²) in [6.07, 6.45) is 2.91. The molecule has 0 amide bonds. The molecule has 0 saturated carbocycles. The molecule has 2 rings (SSSR count). The summed E-state index contributed by atoms with van der Waals surface area (Å²) in [5, 5.41) is 17.2. The second kappa shape index (κ2) is 9.92. The molecule has 1 atom stereocenters. The van der Waals surface area contributed by atoms with Crippen molar-refractivity contribution in [3.8, 4) is 16.9 Å². The second-order valence-corrected chi connectivity index (χ2v) is 6.52. The summed E-state index contributed by atoms with van der Waals surface area (Å²) in [6, 6.07) is 7.39. The number of benzene rings is 1. The molecule has 2 aromatic rings. The number of rotatable bonds is 9. The molecule has 0 spiro atoms. The van der Waals surface area contributed by atoms with Gasteiger partial charge in [0, 0.05) is 11.1 Å². The maximum atomic E-state index is 8.59. The lowest BCUT2D eigenvalue weighted by Gasteiger charge is -2.14. The fourth-order valence-electron chi connectivity index (χ4n) is 2.41. The van der Waals surface area contributed by atoms with Crippen molar-refractivity contribution in [1.82, 2.24) is 10.2 Å². The number of ether oxygens (including phenoxy) is 2. The topological polar surface area (TPSA) is 64.5 Å². The Morgan fingerprint density at radius 1 is 1.12 bits per heavy atom. The van der Waals surface area contributed by atoms with Crippen molar-refractivity contribution in [3.05, 3.63) is 40.1 Å². The highest BCUT2D eigenvalue weighted by molar-refractivity contribution is 6.34. The molecule has 25 heavy (non-hydrogen) atoms. The van der Waals surface area contributed by atoms with Crippen molar-refractivity contribution in [1.29, 1.82) is 0 Å². The summed E-state index contributed by atoms with van der Waals surface area (Å²) in [7, 11) is 0. The van der Waals surface area contributed by atoms with Gasteiger partial charge in [0.15, 0.2) is 17.1 Å². The number of halogens is 2. The molecule has 0 bridgehead atoms. The van der Waals surface area contributed by atoms with Crippen LogP contribution in [0.5, 0.6) is 5.75 Å². The lowest BCUT2D eigenvalue weighted by Crippen LogP contribution is -2.03. The lowest BCUT2D eigenvalue weighted by atomic mass is 9.95. The molecule has 136 valence electrons. The smallest absolute Gasteiger partial charge is 0.191 e. The van der Waals surface area contributed by atoms with Gasteiger partial charge in [0.25, 0.3) is 0 Å². The standard InChI is InChI=1S/C18H22Cl2N2O3/c1-3-12(2)4-9-15-16(18(20)22-21-17(15)19)13-5-7-14(8-6-13)25-11-24-10-23/h5-8,12,23H,3-4,9-11H2,1-2H3. The summed E-state index contributed by atoms with van der Waals surface area (Å²) < 4.78 is 10.1. The van der Waals surface area contributed by atoms with E-state index in [1.165, 1.54) is 0 Å². The number of aliphatic hydroxyl groups is 1. The number of aromatic nitrogens is 2. The molecule has 0 radical (unpaired) electrons. The fourth-order valence-corrected chi connectivity index (χ4v) is 2.89. The number of aliphatic hydroxyl groups excluding tert-OH is 1. The molecule has 0 aliphatic carbocycles. The summed E-state index contributed by atoms with van der Waals surface area (Å²) in [6.45, 7) is 3.99. The van der Waals surface area contributed by atoms with E-state index in [9.17, 15) is 0 Å². The van der Waals surface area contributed by atoms with Gasteiger partial charge in [-0.1, -0.05) is 55.6 Å². The van der Waals surface area contributed by atoms with E-state index in [0.717, 1.165) is 36.0 Å². The van der Waals surface area contributed by atoms with Gasteiger partial charge in [0.1, 0.15) is 12.5 Å². The van der Waals surface area contributed by atoms with Gasteiger partial charge in [-0.25, -0.2) is 0 Å². The molecule has 1 unspecified atom stereocenters. The summed E-state index contributed by atoms with van der Waals surface area (Å²) >= 11 is 12.6. The molecule has 1 aromatic carbocycles. The maximum absolute atomic E-state index is 8.59. The molecular weight excluding hydrogens is 363 g/mol. The molecule has 7 heteroatoms. The summed E-state index contributed by atoms with van der Waals surface area (Å²) in [4.78, 5) is 0. The normalized spacial score (nSPS) is 12.2. The zero-order valence-electron chi connectivity index (χ0n) is 14.3. The third-order valence-corrected chi connectivity index (χ3v) is 4.68. The van der Waals surface area contributed by atoms with Crippen LogP contribution in [-0.4, -0.2) is 28.9 Å². The molecule has 0 aliphatic rings. The van der Waals surface area contributed by atoms with Gasteiger partial charge in [-0.2, -0.15) is 0 Å². The largest absolute Gasteiger partial charge is 0.467 e. The van der Waals surface area contributed by atoms with Crippen LogP contribution in [0, 0.1) is 5.92 Å². The van der Waals surface area contributed by atoms with E-state index in [2.05, 4.69) is 24.0 Å². The molecule has 5 nitrogen and oxygen atoms in total. The first-order chi connectivity index (χ1) is 12.1. The van der Waals surface area contributed by atoms with Gasteiger partial charge in [-0.05, 0) is 36.5 Å². The fraction of sp³-hybridized carbons (Fsp3) is 0.444. The minimum Gasteiger partial charge on any atom is -0.467 e. The van der Waals surface area contributed by atoms with Gasteiger partial charge in [0.05, 0.1) is 0 Å². The van der Waals surface area contributed by atoms with Crippen LogP contribution in [0.4, 0.5) is 0 Å². The Morgan fingerprint density at radius 2 is 1.80 bits per heavy atom. The Morgan fingerprint density at radius 3 is 2.44 bits per heavy atom. The van der Waals surface area contributed by atoms with E-state index in [-0.39, 0.29) is 13.6 Å². The quantitative estimate of drug-likeness (QED) is 0.499. The minimum absolute atomic E-state index is 0.0145. The lowest BCUT2D eigenvalue weighted by molar-refractivity contribution is -0.0653. The Balaban J connectivity index is 2.26. The third-order valence-electron chi connectivity index (χ3n) is 4.11. The van der Waals surface area contributed by atoms with E-state index < -0.39 is 0 Å². The van der Waals surface area contributed by atoms with E-state index in [1.807, 2.05) is 12.1 Å². The molecule has 0 fully saturated rings. The van der Waals surface area contributed by atoms with E-state index >= 15 is 0 Å². The number of hydrogen-bond acceptors (Lipinski definition) is 5. The zero-order chi connectivity index (χ0) is 18.2. The number of hydrogen-bond donors (Lipinski definition) is 1. The minimum atomic E-state index is -0.381. The van der Waals surface area contributed by atoms with Crippen LogP contribution in [0.1, 0.15) is 32.3 Å². The molecule has 1 N–H and O–H groups in total. The highest BCUT2D eigenvalue weighted by Gasteiger charge is 2.17. The Bertz CT molecular complexity index is 681. The first-order valence-corrected chi connectivity index (χ1v) is 8.94. The Kier molecular flexibility index (Phi) is 7.90. The second-order valence-electron chi connectivity index (χ2n) is 5.81. The average molecular weight is 385 g/mol. The van der Waals surface area contributed by atoms with Crippen molar-refractivity contribution in [2.75, 3.05) is 13.6 Å². The van der Waals surface area contributed by atoms with Gasteiger partial charge >= 0.3 is 0 Å². The average Bonchev–Trinajstić information content (AvgIpc) is 2.63. The molecule has 0 saturated heterocycles. The van der Waals surface area contributed by atoms with Crippen molar-refractivity contribution >= 4 is 23.2 Å². The van der Waals surface area contributed by atoms with Crippen LogP contribution >= 0.6 is 23.2 Å². The van der Waals surface area contributed by atoms with Gasteiger partial charge in [-0.3, -0.25) is 0 Å². The third kappa shape index (κ3) is 5.54.